The molecule has 0 aromatic heterocycles. The lowest BCUT2D eigenvalue weighted by Gasteiger charge is -2.05. The van der Waals surface area contributed by atoms with Gasteiger partial charge in [-0.25, -0.2) is 0 Å². The normalized spacial score (nSPS) is 16.0. The van der Waals surface area contributed by atoms with Crippen LogP contribution in [0.1, 0.15) is 44.2 Å². The Kier molecular flexibility index (Phi) is 5.35. The molecule has 1 aromatic rings. The molecule has 1 aromatic carbocycles. The zero-order valence-electron chi connectivity index (χ0n) is 7.71. The van der Waals surface area contributed by atoms with Crippen LogP contribution in [0.15, 0.2) is 36.4 Å². The highest BCUT2D eigenvalue weighted by Gasteiger charge is 1.95. The van der Waals surface area contributed by atoms with E-state index < -0.39 is 0 Å². The molecule has 1 fully saturated rings. The van der Waals surface area contributed by atoms with Crippen LogP contribution in [-0.4, -0.2) is 0 Å². The van der Waals surface area contributed by atoms with Gasteiger partial charge in [0.25, 0.3) is 0 Å². The Morgan fingerprint density at radius 3 is 0.750 bits per heavy atom. The van der Waals surface area contributed by atoms with E-state index in [1.54, 1.807) is 0 Å². The van der Waals surface area contributed by atoms with Gasteiger partial charge >= 0.3 is 0 Å². The highest BCUT2D eigenvalue weighted by atomic mass is 14.0. The number of hydrogen-bond acceptors (Lipinski definition) is 0. The van der Waals surface area contributed by atoms with E-state index in [0.29, 0.717) is 0 Å². The molecule has 0 saturated heterocycles. The molecule has 0 bridgehead atoms. The van der Waals surface area contributed by atoms with Crippen molar-refractivity contribution in [2.45, 2.75) is 38.5 Å². The van der Waals surface area contributed by atoms with Gasteiger partial charge in [0.15, 0.2) is 0 Å². The molecule has 0 spiro atoms. The Morgan fingerprint density at radius 1 is 0.417 bits per heavy atom. The Morgan fingerprint density at radius 2 is 0.583 bits per heavy atom. The molecule has 0 nitrogen and oxygen atoms in total. The number of rotatable bonds is 0. The summed E-state index contributed by atoms with van der Waals surface area (Å²) in [5, 5.41) is 0. The molecule has 12 heavy (non-hydrogen) atoms. The fourth-order valence-electron chi connectivity index (χ4n) is 1.45. The van der Waals surface area contributed by atoms with Gasteiger partial charge in [-0.2, -0.15) is 0 Å². The quantitative estimate of drug-likeness (QED) is 0.513. The minimum absolute atomic E-state index is 0. The van der Waals surface area contributed by atoms with E-state index in [0.717, 1.165) is 0 Å². The zero-order valence-corrected chi connectivity index (χ0v) is 7.71. The van der Waals surface area contributed by atoms with Gasteiger partial charge in [-0.05, 0) is 0 Å². The third kappa shape index (κ3) is 4.95. The Labute approximate surface area is 81.6 Å². The van der Waals surface area contributed by atoms with Crippen molar-refractivity contribution in [2.24, 2.45) is 0 Å². The Hall–Kier alpha value is -0.780. The molecule has 0 N–H and O–H groups in total. The van der Waals surface area contributed by atoms with E-state index in [1.165, 1.54) is 38.5 Å². The van der Waals surface area contributed by atoms with Gasteiger partial charge < -0.3 is 0 Å². The molecule has 74 valence electrons. The third-order valence-corrected chi connectivity index (χ3v) is 2.17. The summed E-state index contributed by atoms with van der Waals surface area (Å²) in [7, 11) is 0. The fraction of sp³-hybridized carbons (Fsp3) is 0.500. The van der Waals surface area contributed by atoms with Gasteiger partial charge in [0.05, 0.1) is 0 Å². The molecule has 1 aliphatic rings. The van der Waals surface area contributed by atoms with Crippen molar-refractivity contribution in [1.82, 2.24) is 0 Å². The van der Waals surface area contributed by atoms with Crippen molar-refractivity contribution in [3.63, 3.8) is 0 Å². The molecule has 0 amide bonds. The molecule has 0 unspecified atom stereocenters. The van der Waals surface area contributed by atoms with Crippen molar-refractivity contribution in [1.29, 1.82) is 0 Å². The summed E-state index contributed by atoms with van der Waals surface area (Å²) in [5.41, 5.74) is 0. The second kappa shape index (κ2) is 6.90. The van der Waals surface area contributed by atoms with Gasteiger partial charge in [-0.1, -0.05) is 74.9 Å². The van der Waals surface area contributed by atoms with E-state index in [4.69, 9.17) is 0 Å². The molecule has 2 rings (SSSR count). The predicted octanol–water partition coefficient (Wildman–Crippen LogP) is 5.01. The first-order valence-corrected chi connectivity index (χ1v) is 5.00. The van der Waals surface area contributed by atoms with E-state index in [2.05, 4.69) is 0 Å². The summed E-state index contributed by atoms with van der Waals surface area (Å²) in [4.78, 5) is 0. The molecule has 1 saturated carbocycles. The van der Waals surface area contributed by atoms with Crippen LogP contribution in [0.2, 0.25) is 0 Å². The van der Waals surface area contributed by atoms with Crippen LogP contribution >= 0.6 is 0 Å². The van der Waals surface area contributed by atoms with Crippen LogP contribution in [0.4, 0.5) is 0 Å². The van der Waals surface area contributed by atoms with E-state index in [-0.39, 0.29) is 5.71 Å². The minimum atomic E-state index is 0. The van der Waals surface area contributed by atoms with Crippen molar-refractivity contribution in [3.05, 3.63) is 36.4 Å². The maximum atomic E-state index is 2.00. The fourth-order valence-corrected chi connectivity index (χ4v) is 1.45. The predicted molar refractivity (Wildman–Crippen MR) is 62.6 cm³/mol. The number of benzene rings is 1. The van der Waals surface area contributed by atoms with Crippen LogP contribution in [-0.2, 0) is 0 Å². The van der Waals surface area contributed by atoms with Crippen LogP contribution in [0.25, 0.3) is 0 Å². The van der Waals surface area contributed by atoms with E-state index in [1.807, 2.05) is 36.4 Å². The summed E-state index contributed by atoms with van der Waals surface area (Å²) in [5.74, 6) is 0. The van der Waals surface area contributed by atoms with Crippen molar-refractivity contribution in [3.8, 4) is 0 Å². The summed E-state index contributed by atoms with van der Waals surface area (Å²) in [6, 6.07) is 12.0. The lowest BCUT2D eigenvalue weighted by atomic mass is 10.0. The maximum Gasteiger partial charge on any atom is 0 e. The second-order valence-corrected chi connectivity index (χ2v) is 3.28. The van der Waals surface area contributed by atoms with Crippen molar-refractivity contribution >= 4 is 0 Å². The molecule has 1 aliphatic carbocycles. The first kappa shape index (κ1) is 9.31. The van der Waals surface area contributed by atoms with Crippen molar-refractivity contribution in [2.75, 3.05) is 0 Å². The average molecular weight is 170 g/mol. The molecule has 0 heteroatoms. The molecule has 0 aliphatic heterocycles. The van der Waals surface area contributed by atoms with Crippen LogP contribution in [0, 0.1) is 0 Å². The first-order valence-electron chi connectivity index (χ1n) is 5.00. The highest BCUT2D eigenvalue weighted by Crippen LogP contribution is 2.15. The van der Waals surface area contributed by atoms with Crippen LogP contribution < -0.4 is 0 Å². The Bertz CT molecular complexity index is 137. The zero-order chi connectivity index (χ0) is 8.49. The van der Waals surface area contributed by atoms with Crippen molar-refractivity contribution < 1.29 is 5.71 Å². The lowest BCUT2D eigenvalue weighted by Crippen LogP contribution is -1.85. The molecule has 0 atom stereocenters. The largest absolute Gasteiger partial charge is 0.0623 e. The van der Waals surface area contributed by atoms with Gasteiger partial charge in [0.2, 0.25) is 0 Å². The lowest BCUT2D eigenvalue weighted by molar-refractivity contribution is 0.504. The smallest absolute Gasteiger partial charge is 0 e. The summed E-state index contributed by atoms with van der Waals surface area (Å²) < 4.78 is 0. The van der Waals surface area contributed by atoms with Crippen LogP contribution in [0.3, 0.4) is 0 Å². The summed E-state index contributed by atoms with van der Waals surface area (Å²) in [6.45, 7) is 0. The third-order valence-electron chi connectivity index (χ3n) is 2.17. The van der Waals surface area contributed by atoms with Gasteiger partial charge in [-0.15, -0.1) is 0 Å². The standard InChI is InChI=1S/C6H12.C6H6.4H2/c2*1-2-4-6-5-3-1;;;;/h1-6H2;1-6H;4*1H. The summed E-state index contributed by atoms with van der Waals surface area (Å²) >= 11 is 0. The van der Waals surface area contributed by atoms with E-state index >= 15 is 0 Å². The SMILES string of the molecule is C1CCCCC1.[HH].[HH].[HH].[HH].c1ccccc1. The second-order valence-electron chi connectivity index (χ2n) is 3.28. The average Bonchev–Trinajstić information content (AvgIpc) is 2.24. The van der Waals surface area contributed by atoms with Crippen LogP contribution in [0.5, 0.6) is 0 Å². The van der Waals surface area contributed by atoms with E-state index in [9.17, 15) is 0 Å². The Balaban J connectivity index is -0.0000000720. The molecule has 0 heterocycles. The molecule has 0 radical (unpaired) electrons. The highest BCUT2D eigenvalue weighted by molar-refractivity contribution is 4.99. The monoisotopic (exact) mass is 170 g/mol. The topological polar surface area (TPSA) is 0 Å². The minimum Gasteiger partial charge on any atom is -0.0623 e. The molecular formula is C12H26. The number of hydrogen-bond donors (Lipinski definition) is 0. The maximum absolute atomic E-state index is 2.00. The first-order chi connectivity index (χ1) is 6.00. The molecular weight excluding hydrogens is 144 g/mol. The van der Waals surface area contributed by atoms with Gasteiger partial charge in [-0.3, -0.25) is 0 Å². The van der Waals surface area contributed by atoms with Gasteiger partial charge in [0, 0.05) is 5.71 Å². The van der Waals surface area contributed by atoms with Gasteiger partial charge in [0.1, 0.15) is 0 Å². The summed E-state index contributed by atoms with van der Waals surface area (Å²) in [6.07, 6.45) is 9.00.